The van der Waals surface area contributed by atoms with Crippen LogP contribution in [0.4, 0.5) is 0 Å². The third kappa shape index (κ3) is 3.97. The maximum absolute atomic E-state index is 12.7. The minimum atomic E-state index is -3.62. The summed E-state index contributed by atoms with van der Waals surface area (Å²) in [7, 11) is -3.62. The molecule has 2 N–H and O–H groups in total. The number of sulfonamides is 1. The van der Waals surface area contributed by atoms with Gasteiger partial charge in [-0.3, -0.25) is 19.3 Å². The fourth-order valence-corrected chi connectivity index (χ4v) is 4.76. The fourth-order valence-electron chi connectivity index (χ4n) is 3.52. The molecule has 2 aliphatic rings. The second-order valence-corrected chi connectivity index (χ2v) is 8.79. The van der Waals surface area contributed by atoms with E-state index in [1.54, 1.807) is 30.0 Å². The number of fused-ring (bicyclic) bond motifs is 1. The molecule has 1 fully saturated rings. The van der Waals surface area contributed by atoms with Crippen molar-refractivity contribution in [2.24, 2.45) is 10.9 Å². The van der Waals surface area contributed by atoms with Crippen molar-refractivity contribution in [1.29, 1.82) is 0 Å². The molecule has 0 bridgehead atoms. The predicted octanol–water partition coefficient (Wildman–Crippen LogP) is 1.22. The van der Waals surface area contributed by atoms with Crippen LogP contribution in [0.2, 0.25) is 0 Å². The first kappa shape index (κ1) is 19.3. The molecule has 146 valence electrons. The highest BCUT2D eigenvalue weighted by atomic mass is 32.2. The molecule has 1 saturated heterocycles. The van der Waals surface area contributed by atoms with E-state index >= 15 is 0 Å². The molecule has 0 radical (unpaired) electrons. The minimum absolute atomic E-state index is 0.0151. The van der Waals surface area contributed by atoms with E-state index in [2.05, 4.69) is 9.71 Å². The van der Waals surface area contributed by atoms with E-state index in [0.29, 0.717) is 18.4 Å². The van der Waals surface area contributed by atoms with Gasteiger partial charge in [0.05, 0.1) is 16.9 Å². The lowest BCUT2D eigenvalue weighted by Gasteiger charge is -2.36. The zero-order valence-corrected chi connectivity index (χ0v) is 16.1. The van der Waals surface area contributed by atoms with Crippen molar-refractivity contribution >= 4 is 27.7 Å². The van der Waals surface area contributed by atoms with E-state index in [1.165, 1.54) is 6.07 Å². The summed E-state index contributed by atoms with van der Waals surface area (Å²) in [6.07, 6.45) is 1.31. The summed E-state index contributed by atoms with van der Waals surface area (Å²) in [5.74, 6) is -1.36. The molecule has 8 nitrogen and oxygen atoms in total. The number of hydrogen-bond acceptors (Lipinski definition) is 5. The minimum Gasteiger partial charge on any atom is -0.481 e. The van der Waals surface area contributed by atoms with Gasteiger partial charge in [0.1, 0.15) is 5.84 Å². The zero-order valence-electron chi connectivity index (χ0n) is 15.3. The van der Waals surface area contributed by atoms with E-state index < -0.39 is 28.0 Å². The first-order chi connectivity index (χ1) is 12.7. The normalized spacial score (nSPS) is 26.3. The Morgan fingerprint density at radius 2 is 2.04 bits per heavy atom. The van der Waals surface area contributed by atoms with Gasteiger partial charge in [-0.2, -0.15) is 0 Å². The Kier molecular flexibility index (Phi) is 5.23. The van der Waals surface area contributed by atoms with Gasteiger partial charge < -0.3 is 10.0 Å². The zero-order chi connectivity index (χ0) is 19.8. The third-order valence-corrected chi connectivity index (χ3v) is 6.43. The fraction of sp³-hybridized carbons (Fsp3) is 0.500. The third-order valence-electron chi connectivity index (χ3n) is 5.03. The van der Waals surface area contributed by atoms with E-state index in [4.69, 9.17) is 0 Å². The number of amides is 1. The number of rotatable bonds is 4. The van der Waals surface area contributed by atoms with Crippen LogP contribution in [-0.4, -0.2) is 54.8 Å². The lowest BCUT2D eigenvalue weighted by molar-refractivity contribution is -0.147. The highest BCUT2D eigenvalue weighted by Crippen LogP contribution is 2.25. The molecule has 0 saturated carbocycles. The van der Waals surface area contributed by atoms with Gasteiger partial charge in [0.25, 0.3) is 10.0 Å². The predicted molar refractivity (Wildman–Crippen MR) is 98.9 cm³/mol. The summed E-state index contributed by atoms with van der Waals surface area (Å²) in [6.45, 7) is 3.85. The molecule has 0 spiro atoms. The maximum Gasteiger partial charge on any atom is 0.308 e. The summed E-state index contributed by atoms with van der Waals surface area (Å²) < 4.78 is 26.7. The molecule has 1 aromatic rings. The molecule has 3 atom stereocenters. The molecule has 1 aromatic carbocycles. The van der Waals surface area contributed by atoms with E-state index in [0.717, 1.165) is 0 Å². The highest BCUT2D eigenvalue weighted by Gasteiger charge is 2.34. The number of amidine groups is 1. The summed E-state index contributed by atoms with van der Waals surface area (Å²) in [5, 5.41) is 9.21. The summed E-state index contributed by atoms with van der Waals surface area (Å²) in [5.41, 5.74) is 0.495. The molecular weight excluding hydrogens is 370 g/mol. The van der Waals surface area contributed by atoms with Crippen molar-refractivity contribution < 1.29 is 23.1 Å². The molecule has 27 heavy (non-hydrogen) atoms. The molecule has 3 rings (SSSR count). The van der Waals surface area contributed by atoms with Crippen LogP contribution in [0.15, 0.2) is 34.2 Å². The monoisotopic (exact) mass is 393 g/mol. The van der Waals surface area contributed by atoms with Crippen molar-refractivity contribution in [2.75, 3.05) is 6.54 Å². The lowest BCUT2D eigenvalue weighted by atomic mass is 9.93. The van der Waals surface area contributed by atoms with E-state index in [1.807, 2.05) is 6.92 Å². The van der Waals surface area contributed by atoms with Crippen molar-refractivity contribution in [3.8, 4) is 0 Å². The number of nitrogens with zero attached hydrogens (tertiary/aromatic N) is 2. The van der Waals surface area contributed by atoms with Crippen LogP contribution in [0.3, 0.4) is 0 Å². The quantitative estimate of drug-likeness (QED) is 0.798. The molecule has 9 heteroatoms. The van der Waals surface area contributed by atoms with Gasteiger partial charge in [-0.15, -0.1) is 0 Å². The number of aliphatic imine (C=N–C) groups is 1. The Morgan fingerprint density at radius 3 is 2.74 bits per heavy atom. The number of benzene rings is 1. The van der Waals surface area contributed by atoms with Gasteiger partial charge in [0.15, 0.2) is 0 Å². The average molecular weight is 393 g/mol. The number of likely N-dealkylation sites (tertiary alicyclic amines) is 1. The standard InChI is InChI=1S/C18H23N3O5S/c1-11(9-16(22)21-10-13(18(23)24)8-7-12(21)2)19-17-14-5-3-4-6-15(14)27(25,26)20-17/h3-6,11-13H,7-10H2,1-2H3,(H,19,20)(H,23,24). The van der Waals surface area contributed by atoms with Crippen LogP contribution < -0.4 is 4.72 Å². The number of hydrogen-bond donors (Lipinski definition) is 2. The van der Waals surface area contributed by atoms with Crippen LogP contribution in [0.5, 0.6) is 0 Å². The first-order valence-electron chi connectivity index (χ1n) is 8.91. The smallest absolute Gasteiger partial charge is 0.308 e. The second kappa shape index (κ2) is 7.30. The summed E-state index contributed by atoms with van der Waals surface area (Å²) in [4.78, 5) is 30.1. The van der Waals surface area contributed by atoms with E-state index in [9.17, 15) is 23.1 Å². The molecule has 2 heterocycles. The SMILES string of the molecule is CC(CC(=O)N1CC(C(=O)O)CCC1C)N=C1NS(=O)(=O)c2ccccc21. The summed E-state index contributed by atoms with van der Waals surface area (Å²) >= 11 is 0. The lowest BCUT2D eigenvalue weighted by Crippen LogP contribution is -2.48. The first-order valence-corrected chi connectivity index (χ1v) is 10.4. The van der Waals surface area contributed by atoms with E-state index in [-0.39, 0.29) is 35.6 Å². The number of piperidine rings is 1. The molecular formula is C18H23N3O5S. The van der Waals surface area contributed by atoms with Gasteiger partial charge in [-0.05, 0) is 38.8 Å². The van der Waals surface area contributed by atoms with Crippen molar-refractivity contribution in [3.63, 3.8) is 0 Å². The van der Waals surface area contributed by atoms with Crippen LogP contribution in [-0.2, 0) is 19.6 Å². The largest absolute Gasteiger partial charge is 0.481 e. The van der Waals surface area contributed by atoms with Crippen molar-refractivity contribution in [3.05, 3.63) is 29.8 Å². The molecule has 2 aliphatic heterocycles. The Hall–Kier alpha value is -2.42. The molecule has 0 aromatic heterocycles. The average Bonchev–Trinajstić information content (AvgIpc) is 2.85. The highest BCUT2D eigenvalue weighted by molar-refractivity contribution is 7.90. The number of carboxylic acids is 1. The van der Waals surface area contributed by atoms with Gasteiger partial charge in [0, 0.05) is 24.6 Å². The number of carbonyl (C=O) groups excluding carboxylic acids is 1. The molecule has 0 aliphatic carbocycles. The number of carbonyl (C=O) groups is 2. The van der Waals surface area contributed by atoms with Crippen LogP contribution in [0.1, 0.15) is 38.7 Å². The van der Waals surface area contributed by atoms with Gasteiger partial charge in [-0.25, -0.2) is 8.42 Å². The Bertz CT molecular complexity index is 896. The molecule has 1 amide bonds. The Morgan fingerprint density at radius 1 is 1.33 bits per heavy atom. The van der Waals surface area contributed by atoms with Crippen molar-refractivity contribution in [2.45, 2.75) is 50.1 Å². The maximum atomic E-state index is 12.7. The van der Waals surface area contributed by atoms with Crippen LogP contribution in [0, 0.1) is 5.92 Å². The topological polar surface area (TPSA) is 116 Å². The number of nitrogens with one attached hydrogen (secondary N) is 1. The van der Waals surface area contributed by atoms with Crippen molar-refractivity contribution in [1.82, 2.24) is 9.62 Å². The number of aliphatic carboxylic acids is 1. The Balaban J connectivity index is 1.72. The van der Waals surface area contributed by atoms with Crippen LogP contribution >= 0.6 is 0 Å². The van der Waals surface area contributed by atoms with Gasteiger partial charge >= 0.3 is 5.97 Å². The van der Waals surface area contributed by atoms with Gasteiger partial charge in [0.2, 0.25) is 5.91 Å². The van der Waals surface area contributed by atoms with Gasteiger partial charge in [-0.1, -0.05) is 12.1 Å². The molecule has 3 unspecified atom stereocenters. The summed E-state index contributed by atoms with van der Waals surface area (Å²) in [6, 6.07) is 6.10. The van der Waals surface area contributed by atoms with Crippen LogP contribution in [0.25, 0.3) is 0 Å². The second-order valence-electron chi connectivity index (χ2n) is 7.14. The number of carboxylic acid groups (broad SMARTS) is 1. The Labute approximate surface area is 158 Å².